The maximum atomic E-state index is 13.7. The Bertz CT molecular complexity index is 7010. The van der Waals surface area contributed by atoms with Gasteiger partial charge in [-0.2, -0.15) is 0 Å². The number of pyridine rings is 5. The van der Waals surface area contributed by atoms with E-state index in [4.69, 9.17) is 64.5 Å². The molecular formula is C113H131BrCl3F2IN20O6. The molecule has 0 spiro atoms. The van der Waals surface area contributed by atoms with Gasteiger partial charge in [0.1, 0.15) is 74.1 Å². The highest BCUT2D eigenvalue weighted by molar-refractivity contribution is 14.1. The molecule has 0 bridgehead atoms. The molecule has 0 saturated heterocycles. The van der Waals surface area contributed by atoms with Gasteiger partial charge in [0.05, 0.1) is 55.4 Å². The van der Waals surface area contributed by atoms with Gasteiger partial charge < -0.3 is 52.1 Å². The van der Waals surface area contributed by atoms with Gasteiger partial charge in [0.15, 0.2) is 28.2 Å². The van der Waals surface area contributed by atoms with Crippen molar-refractivity contribution in [3.8, 4) is 5.75 Å². The van der Waals surface area contributed by atoms with E-state index in [2.05, 4.69) is 149 Å². The number of halogens is 7. The van der Waals surface area contributed by atoms with Crippen LogP contribution in [0.3, 0.4) is 0 Å². The molecule has 26 nitrogen and oxygen atoms in total. The highest BCUT2D eigenvalue weighted by Gasteiger charge is 2.34. The summed E-state index contributed by atoms with van der Waals surface area (Å²) in [6.45, 7) is 26.2. The second-order valence-corrected chi connectivity index (χ2v) is 42.9. The zero-order chi connectivity index (χ0) is 103. The van der Waals surface area contributed by atoms with Gasteiger partial charge in [-0.15, -0.1) is 0 Å². The molecule has 4 fully saturated rings. The highest BCUT2D eigenvalue weighted by atomic mass is 127. The number of carbonyl (C=O) groups excluding carboxylic acids is 5. The van der Waals surface area contributed by atoms with Gasteiger partial charge in [0.25, 0.3) is 29.5 Å². The fourth-order valence-corrected chi connectivity index (χ4v) is 21.1. The van der Waals surface area contributed by atoms with Crippen molar-refractivity contribution in [3.05, 3.63) is 286 Å². The Labute approximate surface area is 890 Å². The Kier molecular flexibility index (Phi) is 38.5. The molecule has 0 radical (unpaired) electrons. The van der Waals surface area contributed by atoms with Gasteiger partial charge in [0, 0.05) is 130 Å². The molecule has 33 heteroatoms. The maximum Gasteiger partial charge on any atom is 0.258 e. The van der Waals surface area contributed by atoms with Crippen LogP contribution in [0.2, 0.25) is 15.1 Å². The number of aryl methyl sites for hydroxylation is 1. The van der Waals surface area contributed by atoms with E-state index in [0.717, 1.165) is 182 Å². The second kappa shape index (κ2) is 51.8. The van der Waals surface area contributed by atoms with Crippen molar-refractivity contribution in [1.82, 2.24) is 97.2 Å². The first-order valence-electron chi connectivity index (χ1n) is 51.4. The topological polar surface area (TPSA) is 264 Å². The van der Waals surface area contributed by atoms with Gasteiger partial charge >= 0.3 is 0 Å². The van der Waals surface area contributed by atoms with Crippen molar-refractivity contribution in [3.63, 3.8) is 0 Å². The minimum Gasteiger partial charge on any atom is -0.496 e. The van der Waals surface area contributed by atoms with Crippen LogP contribution in [-0.4, -0.2) is 167 Å². The predicted octanol–water partition coefficient (Wildman–Crippen LogP) is 26.7. The van der Waals surface area contributed by atoms with E-state index >= 15 is 0 Å². The van der Waals surface area contributed by atoms with Crippen molar-refractivity contribution in [2.24, 2.45) is 23.7 Å². The van der Waals surface area contributed by atoms with Gasteiger partial charge in [-0.1, -0.05) is 170 Å². The number of amides is 5. The number of fused-ring (bicyclic) bond motifs is 5. The Balaban J connectivity index is 0.000000137. The maximum absolute atomic E-state index is 13.7. The molecule has 10 aromatic heterocycles. The lowest BCUT2D eigenvalue weighted by atomic mass is 10.1. The zero-order valence-corrected chi connectivity index (χ0v) is 91.0. The molecule has 15 aromatic rings. The fourth-order valence-electron chi connectivity index (χ4n) is 19.6. The normalized spacial score (nSPS) is 13.8. The van der Waals surface area contributed by atoms with Crippen LogP contribution in [0.5, 0.6) is 5.75 Å². The molecule has 4 aliphatic rings. The van der Waals surface area contributed by atoms with Crippen molar-refractivity contribution >= 4 is 159 Å². The predicted molar refractivity (Wildman–Crippen MR) is 585 cm³/mol. The molecule has 0 atom stereocenters. The van der Waals surface area contributed by atoms with E-state index < -0.39 is 11.6 Å². The number of nitrogens with zero attached hydrogens (tertiary/aromatic N) is 20. The van der Waals surface area contributed by atoms with Crippen molar-refractivity contribution in [1.29, 1.82) is 0 Å². The summed E-state index contributed by atoms with van der Waals surface area (Å²) in [5, 5.41) is 0.423. The van der Waals surface area contributed by atoms with E-state index in [0.29, 0.717) is 134 Å². The third-order valence-electron chi connectivity index (χ3n) is 26.8. The molecule has 19 rings (SSSR count). The smallest absolute Gasteiger partial charge is 0.258 e. The van der Waals surface area contributed by atoms with Crippen LogP contribution in [0.4, 0.5) is 8.78 Å². The summed E-state index contributed by atoms with van der Waals surface area (Å²) in [6.07, 6.45) is 30.0. The van der Waals surface area contributed by atoms with E-state index in [1.807, 2.05) is 136 Å². The number of imidazole rings is 5. The quantitative estimate of drug-likeness (QED) is 0.0334. The van der Waals surface area contributed by atoms with Crippen LogP contribution in [0.1, 0.15) is 283 Å². The molecule has 5 aromatic carbocycles. The van der Waals surface area contributed by atoms with Gasteiger partial charge in [0.2, 0.25) is 0 Å². The van der Waals surface area contributed by atoms with E-state index in [1.165, 1.54) is 87.8 Å². The third-order valence-corrected chi connectivity index (χ3v) is 28.8. The lowest BCUT2D eigenvalue weighted by Gasteiger charge is -2.26. The number of hydrogen-bond acceptors (Lipinski definition) is 16. The van der Waals surface area contributed by atoms with Crippen molar-refractivity contribution in [2.45, 2.75) is 248 Å². The SMILES string of the molecule is CC(C)CN(Cc1nc2cccnc2n1C1CCCC1)C(=O)c1ccc(F)c(Cl)c1.CCCCN(Cc1nc2cccnc2n1C1CCCC1)C(=O)c1ccc(F)c(Cl)c1.CCCN(Cc1nc2cccnc2n1CC1CC1)C(=O)c1cccc(Br)c1.CCCn1c(CN(CC(C)C)C(=O)c2cccc(I)c2)nc2cccnc21.COc1ccc(Cl)cc1C(=O)N(CCC(C)C)Cc1nc2cccnc2n1C1CCCC1. The number of carbonyl (C=O) groups is 5. The molecule has 0 unspecified atom stereocenters. The number of rotatable bonds is 35. The Morgan fingerprint density at radius 2 is 0.801 bits per heavy atom. The molecule has 4 saturated carbocycles. The number of unbranched alkanes of at least 4 members (excludes halogenated alkanes) is 1. The molecule has 0 N–H and O–H groups in total. The first-order chi connectivity index (χ1) is 70.6. The lowest BCUT2D eigenvalue weighted by Crippen LogP contribution is -2.35. The first-order valence-corrected chi connectivity index (χ1v) is 54.4. The van der Waals surface area contributed by atoms with Crippen LogP contribution in [-0.2, 0) is 45.8 Å². The van der Waals surface area contributed by atoms with E-state index in [9.17, 15) is 32.8 Å². The highest BCUT2D eigenvalue weighted by Crippen LogP contribution is 2.40. The van der Waals surface area contributed by atoms with Gasteiger partial charge in [-0.05, 0) is 275 Å². The van der Waals surface area contributed by atoms with Crippen LogP contribution in [0, 0.1) is 38.9 Å². The molecule has 5 amide bonds. The van der Waals surface area contributed by atoms with Crippen LogP contribution in [0.15, 0.2) is 199 Å². The van der Waals surface area contributed by atoms with Gasteiger partial charge in [-0.3, -0.25) is 24.0 Å². The summed E-state index contributed by atoms with van der Waals surface area (Å²) >= 11 is 23.8. The van der Waals surface area contributed by atoms with Crippen molar-refractivity contribution < 1.29 is 37.5 Å². The monoisotopic (exact) mass is 2210 g/mol. The average Bonchev–Trinajstić information content (AvgIpc) is 1.62. The van der Waals surface area contributed by atoms with Crippen LogP contribution < -0.4 is 4.74 Å². The molecule has 768 valence electrons. The van der Waals surface area contributed by atoms with Crippen molar-refractivity contribution in [2.75, 3.05) is 39.8 Å². The summed E-state index contributed by atoms with van der Waals surface area (Å²) in [5.41, 5.74) is 11.5. The Morgan fingerprint density at radius 1 is 0.411 bits per heavy atom. The number of hydrogen-bond donors (Lipinski definition) is 0. The second-order valence-electron chi connectivity index (χ2n) is 39.5. The summed E-state index contributed by atoms with van der Waals surface area (Å²) in [4.78, 5) is 123. The molecule has 4 aliphatic carbocycles. The summed E-state index contributed by atoms with van der Waals surface area (Å²) in [6, 6.07) is 49.2. The summed E-state index contributed by atoms with van der Waals surface area (Å²) in [7, 11) is 1.57. The Morgan fingerprint density at radius 3 is 1.22 bits per heavy atom. The standard InChI is InChI=1S/C25H31ClN4O2.2C23H26ClFN4O.C21H23BrN4O.C21H25IN4O/c1-17(2)12-14-29(25(31)20-15-18(26)10-11-22(20)32-3)16-23-28-21-9-6-13-27-24(21)30(23)19-7-4-5-8-19;1-15(2)13-28(23(30)16-9-10-19(25)18(24)12-16)14-21-27-20-8-5-11-26-22(20)29(21)17-6-3-4-7-17;1-2-3-13-28(23(30)16-10-11-19(25)18(24)14-16)15-21-27-20-9-6-12-26-22(20)29(21)17-7-4-5-8-17;1-2-11-25(21(27)16-5-3-6-17(22)12-16)14-19-24-18-7-4-10-23-20(18)26(19)13-15-8-9-15;1-4-11-26-19(24-18-9-6-10-23-20(18)26)14-25(13-15(2)3)21(27)16-7-5-8-17(22)12-16/h6,9-11,13,15,17,19H,4-5,7-8,12,14,16H2,1-3H3;5,8-12,15,17H,3-4,6-7,13-14H2,1-2H3;6,9-12,14,17H,2-5,7-8,13,15H2,1H3;3-7,10,12,15H,2,8-9,11,13-14H2,1H3;5-10,12,15H,4,11,13-14H2,1-3H3. The first kappa shape index (κ1) is 108. The van der Waals surface area contributed by atoms with Crippen LogP contribution in [0.25, 0.3) is 55.8 Å². The molecular weight excluding hydrogens is 2080 g/mol. The molecule has 10 heterocycles. The summed E-state index contributed by atoms with van der Waals surface area (Å²) in [5.74, 6) is 5.36. The van der Waals surface area contributed by atoms with Gasteiger partial charge in [-0.25, -0.2) is 58.6 Å². The third kappa shape index (κ3) is 27.6. The summed E-state index contributed by atoms with van der Waals surface area (Å²) < 4.78 is 45.7. The average molecular weight is 2220 g/mol. The molecule has 0 aliphatic heterocycles. The zero-order valence-electron chi connectivity index (χ0n) is 85.0. The van der Waals surface area contributed by atoms with Crippen LogP contribution >= 0.6 is 73.3 Å². The number of aromatic nitrogens is 15. The minimum atomic E-state index is -0.530. The minimum absolute atomic E-state index is 0.0381. The molecule has 146 heavy (non-hydrogen) atoms. The van der Waals surface area contributed by atoms with E-state index in [-0.39, 0.29) is 45.5 Å². The van der Waals surface area contributed by atoms with E-state index in [1.54, 1.807) is 53.7 Å². The number of benzene rings is 5. The number of methoxy groups -OCH3 is 1. The Hall–Kier alpha value is -11.7. The fraction of sp³-hybridized carbons (Fsp3) is 0.425. The lowest BCUT2D eigenvalue weighted by molar-refractivity contribution is 0.0709. The number of ether oxygens (including phenoxy) is 1. The largest absolute Gasteiger partial charge is 0.496 e.